The fourth-order valence-electron chi connectivity index (χ4n) is 2.78. The van der Waals surface area contributed by atoms with Crippen LogP contribution in [0, 0.1) is 0 Å². The Hall–Kier alpha value is -1.02. The Morgan fingerprint density at radius 3 is 2.77 bits per heavy atom. The molecule has 8 heteroatoms. The van der Waals surface area contributed by atoms with E-state index < -0.39 is 9.84 Å². The first kappa shape index (κ1) is 15.9. The Kier molecular flexibility index (Phi) is 4.24. The lowest BCUT2D eigenvalue weighted by atomic mass is 10.2. The quantitative estimate of drug-likeness (QED) is 0.755. The van der Waals surface area contributed by atoms with Gasteiger partial charge in [-0.1, -0.05) is 11.8 Å². The number of hydrogen-bond donors (Lipinski definition) is 0. The SMILES string of the molecule is CC(Sc1nccn1C1CC1)C(=O)N(C)C1CCS(=O)(=O)C1. The van der Waals surface area contributed by atoms with E-state index in [0.29, 0.717) is 12.5 Å². The van der Waals surface area contributed by atoms with E-state index in [-0.39, 0.29) is 28.7 Å². The monoisotopic (exact) mass is 343 g/mol. The highest BCUT2D eigenvalue weighted by molar-refractivity contribution is 8.00. The van der Waals surface area contributed by atoms with E-state index in [1.54, 1.807) is 18.1 Å². The molecule has 0 spiro atoms. The average Bonchev–Trinajstić information content (AvgIpc) is 3.10. The fourth-order valence-corrected chi connectivity index (χ4v) is 5.59. The van der Waals surface area contributed by atoms with Crippen molar-refractivity contribution in [3.05, 3.63) is 12.4 Å². The van der Waals surface area contributed by atoms with Crippen molar-refractivity contribution in [1.29, 1.82) is 0 Å². The molecule has 2 fully saturated rings. The number of nitrogens with zero attached hydrogens (tertiary/aromatic N) is 3. The van der Waals surface area contributed by atoms with Crippen LogP contribution in [0.1, 0.15) is 32.2 Å². The molecule has 0 bridgehead atoms. The minimum Gasteiger partial charge on any atom is -0.341 e. The van der Waals surface area contributed by atoms with E-state index in [2.05, 4.69) is 9.55 Å². The van der Waals surface area contributed by atoms with Gasteiger partial charge in [-0.05, 0) is 26.2 Å². The predicted molar refractivity (Wildman–Crippen MR) is 85.6 cm³/mol. The Bertz CT molecular complexity index is 667. The molecule has 1 saturated heterocycles. The Morgan fingerprint density at radius 1 is 1.45 bits per heavy atom. The average molecular weight is 343 g/mol. The van der Waals surface area contributed by atoms with Crippen LogP contribution in [-0.4, -0.2) is 58.6 Å². The number of rotatable bonds is 5. The maximum absolute atomic E-state index is 12.5. The molecule has 22 heavy (non-hydrogen) atoms. The maximum Gasteiger partial charge on any atom is 0.235 e. The number of thioether (sulfide) groups is 1. The van der Waals surface area contributed by atoms with Gasteiger partial charge in [0.15, 0.2) is 15.0 Å². The van der Waals surface area contributed by atoms with Gasteiger partial charge < -0.3 is 9.47 Å². The van der Waals surface area contributed by atoms with Gasteiger partial charge in [-0.3, -0.25) is 4.79 Å². The molecule has 3 rings (SSSR count). The second-order valence-corrected chi connectivity index (χ2v) is 9.65. The Balaban J connectivity index is 1.63. The van der Waals surface area contributed by atoms with Crippen LogP contribution in [0.4, 0.5) is 0 Å². The zero-order chi connectivity index (χ0) is 15.9. The number of aromatic nitrogens is 2. The van der Waals surface area contributed by atoms with Crippen molar-refractivity contribution in [2.45, 2.75) is 48.7 Å². The molecule has 122 valence electrons. The summed E-state index contributed by atoms with van der Waals surface area (Å²) >= 11 is 1.45. The number of imidazole rings is 1. The van der Waals surface area contributed by atoms with Crippen LogP contribution < -0.4 is 0 Å². The van der Waals surface area contributed by atoms with Crippen LogP contribution >= 0.6 is 11.8 Å². The zero-order valence-corrected chi connectivity index (χ0v) is 14.4. The Morgan fingerprint density at radius 2 is 2.18 bits per heavy atom. The van der Waals surface area contributed by atoms with Gasteiger partial charge in [-0.25, -0.2) is 13.4 Å². The molecule has 1 saturated carbocycles. The van der Waals surface area contributed by atoms with Crippen LogP contribution in [0.25, 0.3) is 0 Å². The van der Waals surface area contributed by atoms with Crippen molar-refractivity contribution in [2.75, 3.05) is 18.6 Å². The van der Waals surface area contributed by atoms with Gasteiger partial charge in [-0.15, -0.1) is 0 Å². The molecular weight excluding hydrogens is 322 g/mol. The second-order valence-electron chi connectivity index (χ2n) is 6.11. The van der Waals surface area contributed by atoms with Gasteiger partial charge in [0.1, 0.15) is 0 Å². The van der Waals surface area contributed by atoms with E-state index in [9.17, 15) is 13.2 Å². The molecule has 1 aromatic rings. The van der Waals surface area contributed by atoms with Gasteiger partial charge in [-0.2, -0.15) is 0 Å². The molecule has 2 aliphatic rings. The highest BCUT2D eigenvalue weighted by Crippen LogP contribution is 2.38. The van der Waals surface area contributed by atoms with Gasteiger partial charge in [0.25, 0.3) is 0 Å². The van der Waals surface area contributed by atoms with Crippen molar-refractivity contribution in [2.24, 2.45) is 0 Å². The topological polar surface area (TPSA) is 72.3 Å². The largest absolute Gasteiger partial charge is 0.341 e. The molecule has 0 radical (unpaired) electrons. The lowest BCUT2D eigenvalue weighted by molar-refractivity contribution is -0.130. The van der Waals surface area contributed by atoms with Crippen molar-refractivity contribution >= 4 is 27.5 Å². The molecule has 1 amide bonds. The first-order chi connectivity index (χ1) is 10.4. The number of carbonyl (C=O) groups is 1. The fraction of sp³-hybridized carbons (Fsp3) is 0.714. The van der Waals surface area contributed by atoms with Crippen LogP contribution in [0.3, 0.4) is 0 Å². The highest BCUT2D eigenvalue weighted by atomic mass is 32.2. The van der Waals surface area contributed by atoms with Crippen molar-refractivity contribution in [3.63, 3.8) is 0 Å². The summed E-state index contributed by atoms with van der Waals surface area (Å²) in [5.74, 6) is 0.240. The number of amides is 1. The smallest absolute Gasteiger partial charge is 0.235 e. The Labute approximate surface area is 135 Å². The van der Waals surface area contributed by atoms with Crippen LogP contribution in [0.2, 0.25) is 0 Å². The molecule has 0 aromatic carbocycles. The first-order valence-corrected chi connectivity index (χ1v) is 10.2. The molecular formula is C14H21N3O3S2. The second kappa shape index (κ2) is 5.88. The molecule has 1 aliphatic heterocycles. The van der Waals surface area contributed by atoms with Gasteiger partial charge in [0.2, 0.25) is 5.91 Å². The van der Waals surface area contributed by atoms with Crippen LogP contribution in [-0.2, 0) is 14.6 Å². The summed E-state index contributed by atoms with van der Waals surface area (Å²) in [5.41, 5.74) is 0. The predicted octanol–water partition coefficient (Wildman–Crippen LogP) is 1.34. The molecule has 2 unspecified atom stereocenters. The summed E-state index contributed by atoms with van der Waals surface area (Å²) in [4.78, 5) is 18.5. The van der Waals surface area contributed by atoms with E-state index in [4.69, 9.17) is 0 Å². The zero-order valence-electron chi connectivity index (χ0n) is 12.8. The summed E-state index contributed by atoms with van der Waals surface area (Å²) in [6.07, 6.45) is 6.62. The van der Waals surface area contributed by atoms with E-state index in [1.807, 2.05) is 13.1 Å². The summed E-state index contributed by atoms with van der Waals surface area (Å²) in [6.45, 7) is 1.86. The van der Waals surface area contributed by atoms with Crippen molar-refractivity contribution < 1.29 is 13.2 Å². The molecule has 2 atom stereocenters. The molecule has 1 aromatic heterocycles. The van der Waals surface area contributed by atoms with Gasteiger partial charge in [0.05, 0.1) is 16.8 Å². The molecule has 0 N–H and O–H groups in total. The van der Waals surface area contributed by atoms with Gasteiger partial charge >= 0.3 is 0 Å². The number of hydrogen-bond acceptors (Lipinski definition) is 5. The minimum absolute atomic E-state index is 0.0301. The maximum atomic E-state index is 12.5. The highest BCUT2D eigenvalue weighted by Gasteiger charge is 2.35. The van der Waals surface area contributed by atoms with Crippen LogP contribution in [0.15, 0.2) is 17.6 Å². The minimum atomic E-state index is -2.98. The standard InChI is InChI=1S/C14H21N3O3S2/c1-10(21-14-15-6-7-17(14)11-3-4-11)13(18)16(2)12-5-8-22(19,20)9-12/h6-7,10-12H,3-5,8-9H2,1-2H3. The van der Waals surface area contributed by atoms with E-state index in [0.717, 1.165) is 5.16 Å². The third-order valence-electron chi connectivity index (χ3n) is 4.31. The summed E-state index contributed by atoms with van der Waals surface area (Å²) in [5, 5.41) is 0.601. The first-order valence-electron chi connectivity index (χ1n) is 7.54. The van der Waals surface area contributed by atoms with Crippen molar-refractivity contribution in [1.82, 2.24) is 14.5 Å². The van der Waals surface area contributed by atoms with Crippen molar-refractivity contribution in [3.8, 4) is 0 Å². The van der Waals surface area contributed by atoms with Crippen LogP contribution in [0.5, 0.6) is 0 Å². The molecule has 2 heterocycles. The van der Waals surface area contributed by atoms with Gasteiger partial charge in [0, 0.05) is 31.5 Å². The van der Waals surface area contributed by atoms with E-state index in [1.165, 1.54) is 24.6 Å². The lowest BCUT2D eigenvalue weighted by Crippen LogP contribution is -2.41. The third-order valence-corrected chi connectivity index (χ3v) is 7.14. The molecule has 1 aliphatic carbocycles. The van der Waals surface area contributed by atoms with E-state index >= 15 is 0 Å². The summed E-state index contributed by atoms with van der Waals surface area (Å²) in [6, 6.07) is 0.341. The normalized spacial score (nSPS) is 25.1. The molecule has 6 nitrogen and oxygen atoms in total. The summed E-state index contributed by atoms with van der Waals surface area (Å²) in [7, 11) is -1.27. The number of carbonyl (C=O) groups excluding carboxylic acids is 1. The number of sulfone groups is 1. The lowest BCUT2D eigenvalue weighted by Gasteiger charge is -2.26. The summed E-state index contributed by atoms with van der Waals surface area (Å²) < 4.78 is 25.3. The third kappa shape index (κ3) is 3.32.